The molecule has 9 heteroatoms. The monoisotopic (exact) mass is 410 g/mol. The van der Waals surface area contributed by atoms with Gasteiger partial charge in [-0.15, -0.1) is 0 Å². The van der Waals surface area contributed by atoms with Crippen molar-refractivity contribution in [3.63, 3.8) is 0 Å². The molecule has 0 atom stereocenters. The number of halogens is 3. The van der Waals surface area contributed by atoms with Gasteiger partial charge in [-0.05, 0) is 55.3 Å². The smallest absolute Gasteiger partial charge is 0.471 e. The molecule has 0 bridgehead atoms. The summed E-state index contributed by atoms with van der Waals surface area (Å²) in [6, 6.07) is 10.8. The minimum atomic E-state index is -4.96. The molecule has 0 unspecified atom stereocenters. The molecule has 2 rings (SSSR count). The van der Waals surface area contributed by atoms with Gasteiger partial charge < -0.3 is 20.1 Å². The summed E-state index contributed by atoms with van der Waals surface area (Å²) < 4.78 is 47.4. The van der Waals surface area contributed by atoms with E-state index in [-0.39, 0.29) is 18.0 Å². The minimum Gasteiger partial charge on any atom is -0.493 e. The number of benzene rings is 2. The first-order chi connectivity index (χ1) is 13.7. The predicted molar refractivity (Wildman–Crippen MR) is 102 cm³/mol. The number of amides is 2. The molecule has 0 saturated heterocycles. The standard InChI is InChI=1S/C20H21F3N2O4/c1-3-29-16-10-4-13(12-17(16)28-2)5-11-18(26)24-14-6-8-15(9-7-14)25-19(27)20(21,22)23/h4,6-10,12H,3,5,11H2,1-2H3,(H,24,26)(H,25,27). The van der Waals surface area contributed by atoms with Crippen LogP contribution in [-0.2, 0) is 16.0 Å². The van der Waals surface area contributed by atoms with Crippen molar-refractivity contribution in [1.82, 2.24) is 0 Å². The molecule has 0 aliphatic carbocycles. The Labute approximate surface area is 166 Å². The summed E-state index contributed by atoms with van der Waals surface area (Å²) in [6.45, 7) is 2.38. The van der Waals surface area contributed by atoms with E-state index >= 15 is 0 Å². The van der Waals surface area contributed by atoms with E-state index in [0.29, 0.717) is 30.2 Å². The number of rotatable bonds is 8. The van der Waals surface area contributed by atoms with Crippen molar-refractivity contribution in [1.29, 1.82) is 0 Å². The number of hydrogen-bond donors (Lipinski definition) is 2. The molecule has 2 aromatic rings. The Kier molecular flexibility index (Phi) is 7.46. The van der Waals surface area contributed by atoms with Gasteiger partial charge in [-0.25, -0.2) is 0 Å². The zero-order valence-corrected chi connectivity index (χ0v) is 15.9. The van der Waals surface area contributed by atoms with Gasteiger partial charge in [-0.1, -0.05) is 6.07 Å². The maximum Gasteiger partial charge on any atom is 0.471 e. The molecule has 2 N–H and O–H groups in total. The Balaban J connectivity index is 1.88. The number of carbonyl (C=O) groups excluding carboxylic acids is 2. The number of nitrogens with one attached hydrogen (secondary N) is 2. The molecular formula is C20H21F3N2O4. The summed E-state index contributed by atoms with van der Waals surface area (Å²) >= 11 is 0. The molecule has 0 fully saturated rings. The Bertz CT molecular complexity index is 852. The second-order valence-corrected chi connectivity index (χ2v) is 6.00. The van der Waals surface area contributed by atoms with Gasteiger partial charge in [0.25, 0.3) is 0 Å². The van der Waals surface area contributed by atoms with E-state index in [1.54, 1.807) is 17.4 Å². The largest absolute Gasteiger partial charge is 0.493 e. The molecule has 0 saturated carbocycles. The summed E-state index contributed by atoms with van der Waals surface area (Å²) in [6.07, 6.45) is -4.30. The highest BCUT2D eigenvalue weighted by Crippen LogP contribution is 2.28. The van der Waals surface area contributed by atoms with Crippen molar-refractivity contribution >= 4 is 23.2 Å². The maximum atomic E-state index is 12.2. The van der Waals surface area contributed by atoms with E-state index in [0.717, 1.165) is 5.56 Å². The maximum absolute atomic E-state index is 12.2. The fourth-order valence-corrected chi connectivity index (χ4v) is 2.46. The summed E-state index contributed by atoms with van der Waals surface area (Å²) in [5.41, 5.74) is 1.28. The van der Waals surface area contributed by atoms with Crippen LogP contribution < -0.4 is 20.1 Å². The molecule has 0 aliphatic heterocycles. The van der Waals surface area contributed by atoms with Gasteiger partial charge in [0.2, 0.25) is 5.91 Å². The lowest BCUT2D eigenvalue weighted by Gasteiger charge is -2.11. The molecule has 156 valence electrons. The van der Waals surface area contributed by atoms with Crippen LogP contribution in [0.5, 0.6) is 11.5 Å². The molecular weight excluding hydrogens is 389 g/mol. The van der Waals surface area contributed by atoms with E-state index in [2.05, 4.69) is 5.32 Å². The number of methoxy groups -OCH3 is 1. The fourth-order valence-electron chi connectivity index (χ4n) is 2.46. The highest BCUT2D eigenvalue weighted by Gasteiger charge is 2.38. The first-order valence-corrected chi connectivity index (χ1v) is 8.80. The molecule has 6 nitrogen and oxygen atoms in total. The third-order valence-corrected chi connectivity index (χ3v) is 3.85. The Morgan fingerprint density at radius 3 is 2.14 bits per heavy atom. The van der Waals surface area contributed by atoms with Crippen LogP contribution in [0.25, 0.3) is 0 Å². The molecule has 0 aliphatic rings. The van der Waals surface area contributed by atoms with E-state index < -0.39 is 12.1 Å². The third-order valence-electron chi connectivity index (χ3n) is 3.85. The van der Waals surface area contributed by atoms with E-state index in [1.807, 2.05) is 13.0 Å². The van der Waals surface area contributed by atoms with Gasteiger partial charge in [0, 0.05) is 17.8 Å². The van der Waals surface area contributed by atoms with Gasteiger partial charge >= 0.3 is 12.1 Å². The lowest BCUT2D eigenvalue weighted by Crippen LogP contribution is -2.29. The highest BCUT2D eigenvalue weighted by molar-refractivity contribution is 5.95. The summed E-state index contributed by atoms with van der Waals surface area (Å²) in [7, 11) is 1.54. The van der Waals surface area contributed by atoms with Crippen LogP contribution >= 0.6 is 0 Å². The van der Waals surface area contributed by atoms with Crippen molar-refractivity contribution in [2.24, 2.45) is 0 Å². The van der Waals surface area contributed by atoms with Crippen LogP contribution in [0.2, 0.25) is 0 Å². The SMILES string of the molecule is CCOc1ccc(CCC(=O)Nc2ccc(NC(=O)C(F)(F)F)cc2)cc1OC. The second-order valence-electron chi connectivity index (χ2n) is 6.00. The highest BCUT2D eigenvalue weighted by atomic mass is 19.4. The number of alkyl halides is 3. The normalized spacial score (nSPS) is 10.9. The van der Waals surface area contributed by atoms with Crippen molar-refractivity contribution in [2.45, 2.75) is 25.9 Å². The Morgan fingerprint density at radius 2 is 1.59 bits per heavy atom. The Morgan fingerprint density at radius 1 is 0.966 bits per heavy atom. The first-order valence-electron chi connectivity index (χ1n) is 8.80. The second kappa shape index (κ2) is 9.81. The number of hydrogen-bond acceptors (Lipinski definition) is 4. The van der Waals surface area contributed by atoms with Crippen LogP contribution in [0.1, 0.15) is 18.9 Å². The molecule has 0 spiro atoms. The molecule has 0 heterocycles. The van der Waals surface area contributed by atoms with Crippen molar-refractivity contribution < 1.29 is 32.2 Å². The topological polar surface area (TPSA) is 76.7 Å². The zero-order valence-electron chi connectivity index (χ0n) is 15.9. The average molecular weight is 410 g/mol. The predicted octanol–water partition coefficient (Wildman–Crippen LogP) is 4.17. The fraction of sp³-hybridized carbons (Fsp3) is 0.300. The van der Waals surface area contributed by atoms with Crippen LogP contribution in [0, 0.1) is 0 Å². The van der Waals surface area contributed by atoms with Crippen LogP contribution in [-0.4, -0.2) is 31.7 Å². The first kappa shape index (κ1) is 22.1. The van der Waals surface area contributed by atoms with E-state index in [9.17, 15) is 22.8 Å². The Hall–Kier alpha value is -3.23. The summed E-state index contributed by atoms with van der Waals surface area (Å²) in [5.74, 6) is -1.10. The molecule has 2 amide bonds. The van der Waals surface area contributed by atoms with Gasteiger partial charge in [0.1, 0.15) is 0 Å². The molecule has 2 aromatic carbocycles. The van der Waals surface area contributed by atoms with Crippen molar-refractivity contribution in [3.8, 4) is 11.5 Å². The lowest BCUT2D eigenvalue weighted by atomic mass is 10.1. The van der Waals surface area contributed by atoms with Crippen molar-refractivity contribution in [2.75, 3.05) is 24.4 Å². The van der Waals surface area contributed by atoms with Gasteiger partial charge in [0.05, 0.1) is 13.7 Å². The molecule has 29 heavy (non-hydrogen) atoms. The van der Waals surface area contributed by atoms with Gasteiger partial charge in [0.15, 0.2) is 11.5 Å². The van der Waals surface area contributed by atoms with Crippen LogP contribution in [0.3, 0.4) is 0 Å². The van der Waals surface area contributed by atoms with Crippen LogP contribution in [0.4, 0.5) is 24.5 Å². The summed E-state index contributed by atoms with van der Waals surface area (Å²) in [4.78, 5) is 23.0. The zero-order chi connectivity index (χ0) is 21.4. The molecule has 0 aromatic heterocycles. The summed E-state index contributed by atoms with van der Waals surface area (Å²) in [5, 5.41) is 4.39. The van der Waals surface area contributed by atoms with E-state index in [4.69, 9.17) is 9.47 Å². The lowest BCUT2D eigenvalue weighted by molar-refractivity contribution is -0.167. The average Bonchev–Trinajstić information content (AvgIpc) is 2.68. The number of aryl methyl sites for hydroxylation is 1. The van der Waals surface area contributed by atoms with Gasteiger partial charge in [-0.3, -0.25) is 9.59 Å². The number of anilines is 2. The number of ether oxygens (including phenoxy) is 2. The van der Waals surface area contributed by atoms with E-state index in [1.165, 1.54) is 31.4 Å². The van der Waals surface area contributed by atoms with Crippen LogP contribution in [0.15, 0.2) is 42.5 Å². The third kappa shape index (κ3) is 6.70. The van der Waals surface area contributed by atoms with Crippen molar-refractivity contribution in [3.05, 3.63) is 48.0 Å². The minimum absolute atomic E-state index is 0.0215. The molecule has 0 radical (unpaired) electrons. The number of carbonyl (C=O) groups is 2. The van der Waals surface area contributed by atoms with Gasteiger partial charge in [-0.2, -0.15) is 13.2 Å². The quantitative estimate of drug-likeness (QED) is 0.685.